The highest BCUT2D eigenvalue weighted by Crippen LogP contribution is 2.36. The monoisotopic (exact) mass is 296 g/mol. The molecule has 0 saturated heterocycles. The van der Waals surface area contributed by atoms with E-state index < -0.39 is 0 Å². The zero-order chi connectivity index (χ0) is 14.2. The Labute approximate surface area is 122 Å². The van der Waals surface area contributed by atoms with E-state index in [0.717, 1.165) is 10.1 Å². The van der Waals surface area contributed by atoms with E-state index in [1.165, 1.54) is 11.3 Å². The number of halogens is 1. The highest BCUT2D eigenvalue weighted by molar-refractivity contribution is 7.21. The van der Waals surface area contributed by atoms with Crippen LogP contribution < -0.4 is 5.73 Å². The molecule has 3 nitrogen and oxygen atoms in total. The van der Waals surface area contributed by atoms with Crippen molar-refractivity contribution in [3.05, 3.63) is 28.1 Å². The summed E-state index contributed by atoms with van der Waals surface area (Å²) in [7, 11) is 0. The Kier molecular flexibility index (Phi) is 4.02. The van der Waals surface area contributed by atoms with Crippen LogP contribution in [0.5, 0.6) is 0 Å². The minimum atomic E-state index is -0.00711. The number of nitrogen functional groups attached to an aromatic ring is 1. The zero-order valence-electron chi connectivity index (χ0n) is 11.2. The summed E-state index contributed by atoms with van der Waals surface area (Å²) in [4.78, 5) is 14.9. The van der Waals surface area contributed by atoms with E-state index in [0.29, 0.717) is 22.1 Å². The molecule has 0 spiro atoms. The average molecular weight is 297 g/mol. The maximum Gasteiger partial charge on any atom is 0.266 e. The molecule has 1 amide bonds. The van der Waals surface area contributed by atoms with Crippen LogP contribution in [0.15, 0.2) is 18.2 Å². The molecule has 1 aromatic heterocycles. The minimum absolute atomic E-state index is 0.00711. The molecule has 5 heteroatoms. The largest absolute Gasteiger partial charge is 0.397 e. The van der Waals surface area contributed by atoms with Gasteiger partial charge in [0, 0.05) is 27.7 Å². The Morgan fingerprint density at radius 2 is 2.16 bits per heavy atom. The summed E-state index contributed by atoms with van der Waals surface area (Å²) < 4.78 is 0.952. The van der Waals surface area contributed by atoms with Gasteiger partial charge in [0.2, 0.25) is 0 Å². The van der Waals surface area contributed by atoms with Crippen molar-refractivity contribution in [2.24, 2.45) is 0 Å². The maximum atomic E-state index is 12.5. The first-order chi connectivity index (χ1) is 8.95. The van der Waals surface area contributed by atoms with Crippen LogP contribution in [0.1, 0.15) is 30.4 Å². The van der Waals surface area contributed by atoms with E-state index in [4.69, 9.17) is 17.3 Å². The minimum Gasteiger partial charge on any atom is -0.397 e. The second-order valence-electron chi connectivity index (χ2n) is 4.67. The van der Waals surface area contributed by atoms with Gasteiger partial charge in [-0.2, -0.15) is 0 Å². The van der Waals surface area contributed by atoms with Gasteiger partial charge >= 0.3 is 0 Å². The maximum absolute atomic E-state index is 12.5. The summed E-state index contributed by atoms with van der Waals surface area (Å²) in [5.74, 6) is -0.00711. The van der Waals surface area contributed by atoms with Crippen molar-refractivity contribution >= 4 is 44.6 Å². The lowest BCUT2D eigenvalue weighted by atomic mass is 10.2. The third kappa shape index (κ3) is 2.55. The van der Waals surface area contributed by atoms with Crippen LogP contribution in [0.2, 0.25) is 5.02 Å². The number of carbonyl (C=O) groups excluding carboxylic acids is 1. The number of hydrogen-bond donors (Lipinski definition) is 1. The normalized spacial score (nSPS) is 11.2. The van der Waals surface area contributed by atoms with E-state index >= 15 is 0 Å². The highest BCUT2D eigenvalue weighted by atomic mass is 35.5. The molecule has 102 valence electrons. The predicted octanol–water partition coefficient (Wildman–Crippen LogP) is 4.01. The van der Waals surface area contributed by atoms with Crippen molar-refractivity contribution in [3.8, 4) is 0 Å². The molecule has 0 radical (unpaired) electrons. The van der Waals surface area contributed by atoms with Crippen molar-refractivity contribution in [2.45, 2.75) is 26.8 Å². The molecular weight excluding hydrogens is 280 g/mol. The first kappa shape index (κ1) is 14.2. The van der Waals surface area contributed by atoms with Gasteiger partial charge in [0.05, 0.1) is 5.69 Å². The second-order valence-corrected chi connectivity index (χ2v) is 6.16. The highest BCUT2D eigenvalue weighted by Gasteiger charge is 2.22. The smallest absolute Gasteiger partial charge is 0.266 e. The molecule has 0 saturated carbocycles. The molecule has 0 fully saturated rings. The number of thiophene rings is 1. The summed E-state index contributed by atoms with van der Waals surface area (Å²) in [6, 6.07) is 5.67. The first-order valence-electron chi connectivity index (χ1n) is 6.24. The first-order valence-corrected chi connectivity index (χ1v) is 7.43. The molecule has 2 N–H and O–H groups in total. The summed E-state index contributed by atoms with van der Waals surface area (Å²) in [6.45, 7) is 6.65. The lowest BCUT2D eigenvalue weighted by Crippen LogP contribution is -2.36. The van der Waals surface area contributed by atoms with E-state index in [-0.39, 0.29) is 11.9 Å². The number of nitrogens with two attached hydrogens (primary N) is 1. The lowest BCUT2D eigenvalue weighted by Gasteiger charge is -2.24. The van der Waals surface area contributed by atoms with Crippen molar-refractivity contribution in [1.29, 1.82) is 0 Å². The zero-order valence-corrected chi connectivity index (χ0v) is 12.8. The van der Waals surface area contributed by atoms with Crippen molar-refractivity contribution in [3.63, 3.8) is 0 Å². The number of benzene rings is 1. The van der Waals surface area contributed by atoms with Gasteiger partial charge in [-0.3, -0.25) is 4.79 Å². The van der Waals surface area contributed by atoms with Gasteiger partial charge in [0.1, 0.15) is 4.88 Å². The average Bonchev–Trinajstić information content (AvgIpc) is 2.66. The van der Waals surface area contributed by atoms with Gasteiger partial charge < -0.3 is 10.6 Å². The van der Waals surface area contributed by atoms with Crippen molar-refractivity contribution in [1.82, 2.24) is 4.90 Å². The van der Waals surface area contributed by atoms with Crippen LogP contribution in [0.4, 0.5) is 5.69 Å². The van der Waals surface area contributed by atoms with Crippen LogP contribution in [0, 0.1) is 0 Å². The van der Waals surface area contributed by atoms with E-state index in [9.17, 15) is 4.79 Å². The molecule has 2 rings (SSSR count). The van der Waals surface area contributed by atoms with E-state index in [1.54, 1.807) is 6.07 Å². The number of anilines is 1. The molecule has 0 aliphatic rings. The number of fused-ring (bicyclic) bond motifs is 1. The van der Waals surface area contributed by atoms with Crippen LogP contribution in [0.25, 0.3) is 10.1 Å². The summed E-state index contributed by atoms with van der Waals surface area (Å²) >= 11 is 7.38. The third-order valence-electron chi connectivity index (χ3n) is 3.11. The predicted molar refractivity (Wildman–Crippen MR) is 83.1 cm³/mol. The molecular formula is C14H17ClN2OS. The van der Waals surface area contributed by atoms with E-state index in [2.05, 4.69) is 0 Å². The summed E-state index contributed by atoms with van der Waals surface area (Å²) in [5, 5.41) is 1.56. The van der Waals surface area contributed by atoms with Gasteiger partial charge in [-0.15, -0.1) is 11.3 Å². The molecule has 0 aliphatic carbocycles. The topological polar surface area (TPSA) is 46.3 Å². The summed E-state index contributed by atoms with van der Waals surface area (Å²) in [6.07, 6.45) is 0. The fourth-order valence-corrected chi connectivity index (χ4v) is 3.48. The van der Waals surface area contributed by atoms with Gasteiger partial charge in [-0.25, -0.2) is 0 Å². The van der Waals surface area contributed by atoms with Crippen molar-refractivity contribution < 1.29 is 4.79 Å². The molecule has 0 aliphatic heterocycles. The van der Waals surface area contributed by atoms with Crippen LogP contribution in [-0.2, 0) is 0 Å². The van der Waals surface area contributed by atoms with Crippen LogP contribution in [-0.4, -0.2) is 23.4 Å². The summed E-state index contributed by atoms with van der Waals surface area (Å²) in [5.41, 5.74) is 6.66. The third-order valence-corrected chi connectivity index (χ3v) is 4.50. The molecule has 1 heterocycles. The molecule has 1 aromatic carbocycles. The molecule has 19 heavy (non-hydrogen) atoms. The number of rotatable bonds is 3. The van der Waals surface area contributed by atoms with Gasteiger partial charge in [-0.05, 0) is 39.0 Å². The molecule has 0 bridgehead atoms. The number of nitrogens with zero attached hydrogens (tertiary/aromatic N) is 1. The fourth-order valence-electron chi connectivity index (χ4n) is 2.12. The Bertz CT molecular complexity index is 621. The molecule has 2 aromatic rings. The van der Waals surface area contributed by atoms with Crippen LogP contribution in [0.3, 0.4) is 0 Å². The standard InChI is InChI=1S/C14H17ClN2OS/c1-4-17(8(2)3)14(18)13-12(16)10-6-5-9(15)7-11(10)19-13/h5-8H,4,16H2,1-3H3. The fraction of sp³-hybridized carbons (Fsp3) is 0.357. The van der Waals surface area contributed by atoms with Gasteiger partial charge in [-0.1, -0.05) is 11.6 Å². The Morgan fingerprint density at radius 1 is 1.47 bits per heavy atom. The van der Waals surface area contributed by atoms with Gasteiger partial charge in [0.15, 0.2) is 0 Å². The Morgan fingerprint density at radius 3 is 2.74 bits per heavy atom. The molecule has 0 unspecified atom stereocenters. The quantitative estimate of drug-likeness (QED) is 0.930. The number of carbonyl (C=O) groups is 1. The SMILES string of the molecule is CCN(C(=O)c1sc2cc(Cl)ccc2c1N)C(C)C. The van der Waals surface area contributed by atoms with E-state index in [1.807, 2.05) is 37.8 Å². The second kappa shape index (κ2) is 5.39. The van der Waals surface area contributed by atoms with Gasteiger partial charge in [0.25, 0.3) is 5.91 Å². The van der Waals surface area contributed by atoms with Crippen molar-refractivity contribution in [2.75, 3.05) is 12.3 Å². The number of amides is 1. The lowest BCUT2D eigenvalue weighted by molar-refractivity contribution is 0.0723. The Balaban J connectivity index is 2.51. The number of hydrogen-bond acceptors (Lipinski definition) is 3. The Hall–Kier alpha value is -1.26. The van der Waals surface area contributed by atoms with Crippen LogP contribution >= 0.6 is 22.9 Å². The molecule has 0 atom stereocenters.